The lowest BCUT2D eigenvalue weighted by molar-refractivity contribution is 0.103. The first-order valence-corrected chi connectivity index (χ1v) is 7.52. The maximum absolute atomic E-state index is 13.7. The highest BCUT2D eigenvalue weighted by molar-refractivity contribution is 6.09. The van der Waals surface area contributed by atoms with Crippen LogP contribution >= 0.6 is 0 Å². The minimum Gasteiger partial charge on any atom is -0.289 e. The molecule has 3 rings (SSSR count). The molecule has 0 saturated heterocycles. The van der Waals surface area contributed by atoms with E-state index in [0.29, 0.717) is 16.7 Å². The number of carbonyl (C=O) groups excluding carboxylic acids is 1. The molecular weight excluding hydrogens is 287 g/mol. The monoisotopic (exact) mass is 304 g/mol. The van der Waals surface area contributed by atoms with Gasteiger partial charge >= 0.3 is 0 Å². The summed E-state index contributed by atoms with van der Waals surface area (Å²) in [5.41, 5.74) is 4.75. The molecule has 0 aliphatic rings. The zero-order valence-electron chi connectivity index (χ0n) is 13.1. The van der Waals surface area contributed by atoms with Crippen LogP contribution in [-0.2, 0) is 0 Å². The highest BCUT2D eigenvalue weighted by Crippen LogP contribution is 2.23. The van der Waals surface area contributed by atoms with Crippen LogP contribution in [0.15, 0.2) is 66.7 Å². The SMILES string of the molecule is Cc1ccc(C(=O)c2ccc(-c3ccc(C)c(F)c3)cc2)cc1. The van der Waals surface area contributed by atoms with E-state index in [1.165, 1.54) is 6.07 Å². The number of hydrogen-bond donors (Lipinski definition) is 0. The summed E-state index contributed by atoms with van der Waals surface area (Å²) >= 11 is 0. The van der Waals surface area contributed by atoms with Crippen molar-refractivity contribution in [3.8, 4) is 11.1 Å². The number of benzene rings is 3. The van der Waals surface area contributed by atoms with Gasteiger partial charge in [-0.2, -0.15) is 0 Å². The molecule has 0 amide bonds. The minimum atomic E-state index is -0.220. The van der Waals surface area contributed by atoms with Crippen LogP contribution < -0.4 is 0 Å². The molecule has 0 atom stereocenters. The molecule has 0 bridgehead atoms. The Morgan fingerprint density at radius 3 is 1.83 bits per heavy atom. The average Bonchev–Trinajstić information content (AvgIpc) is 2.57. The largest absolute Gasteiger partial charge is 0.289 e. The summed E-state index contributed by atoms with van der Waals surface area (Å²) in [6.45, 7) is 3.73. The summed E-state index contributed by atoms with van der Waals surface area (Å²) < 4.78 is 13.7. The van der Waals surface area contributed by atoms with Crippen molar-refractivity contribution >= 4 is 5.78 Å². The van der Waals surface area contributed by atoms with Gasteiger partial charge in [0.15, 0.2) is 5.78 Å². The van der Waals surface area contributed by atoms with E-state index in [-0.39, 0.29) is 11.6 Å². The van der Waals surface area contributed by atoms with Crippen LogP contribution in [0.1, 0.15) is 27.0 Å². The van der Waals surface area contributed by atoms with E-state index in [0.717, 1.165) is 16.7 Å². The Bertz CT molecular complexity index is 846. The summed E-state index contributed by atoms with van der Waals surface area (Å²) in [4.78, 5) is 12.4. The Morgan fingerprint density at radius 1 is 0.739 bits per heavy atom. The van der Waals surface area contributed by atoms with E-state index in [1.807, 2.05) is 49.4 Å². The maximum atomic E-state index is 13.7. The summed E-state index contributed by atoms with van der Waals surface area (Å²) in [7, 11) is 0. The zero-order valence-corrected chi connectivity index (χ0v) is 13.1. The van der Waals surface area contributed by atoms with Crippen molar-refractivity contribution in [1.82, 2.24) is 0 Å². The van der Waals surface area contributed by atoms with Gasteiger partial charge in [-0.1, -0.05) is 66.2 Å². The van der Waals surface area contributed by atoms with E-state index < -0.39 is 0 Å². The molecule has 0 N–H and O–H groups in total. The first kappa shape index (κ1) is 15.2. The third-order valence-electron chi connectivity index (χ3n) is 3.97. The first-order chi connectivity index (χ1) is 11.0. The molecule has 114 valence electrons. The Kier molecular flexibility index (Phi) is 4.07. The standard InChI is InChI=1S/C21H17FO/c1-14-3-6-17(7-4-14)21(23)18-11-9-16(10-12-18)19-8-5-15(2)20(22)13-19/h3-13H,1-2H3. The predicted molar refractivity (Wildman–Crippen MR) is 91.2 cm³/mol. The van der Waals surface area contributed by atoms with E-state index in [2.05, 4.69) is 0 Å². The Labute approximate surface area is 135 Å². The number of hydrogen-bond acceptors (Lipinski definition) is 1. The van der Waals surface area contributed by atoms with Gasteiger partial charge < -0.3 is 0 Å². The second-order valence-electron chi connectivity index (χ2n) is 5.74. The highest BCUT2D eigenvalue weighted by atomic mass is 19.1. The van der Waals surface area contributed by atoms with E-state index >= 15 is 0 Å². The van der Waals surface area contributed by atoms with Gasteiger partial charge in [0.05, 0.1) is 0 Å². The molecule has 0 unspecified atom stereocenters. The van der Waals surface area contributed by atoms with Crippen molar-refractivity contribution in [1.29, 1.82) is 0 Å². The quantitative estimate of drug-likeness (QED) is 0.597. The molecule has 0 saturated carbocycles. The summed E-state index contributed by atoms with van der Waals surface area (Å²) in [5.74, 6) is -0.228. The van der Waals surface area contributed by atoms with E-state index in [4.69, 9.17) is 0 Å². The van der Waals surface area contributed by atoms with Crippen LogP contribution in [0.3, 0.4) is 0 Å². The first-order valence-electron chi connectivity index (χ1n) is 7.52. The number of aryl methyl sites for hydroxylation is 2. The van der Waals surface area contributed by atoms with Crippen LogP contribution in [0.25, 0.3) is 11.1 Å². The van der Waals surface area contributed by atoms with Gasteiger partial charge in [-0.15, -0.1) is 0 Å². The number of halogens is 1. The van der Waals surface area contributed by atoms with Crippen LogP contribution in [0, 0.1) is 19.7 Å². The van der Waals surface area contributed by atoms with Gasteiger partial charge in [0, 0.05) is 11.1 Å². The zero-order chi connectivity index (χ0) is 16.4. The van der Waals surface area contributed by atoms with Crippen molar-refractivity contribution in [2.24, 2.45) is 0 Å². The molecule has 1 nitrogen and oxygen atoms in total. The van der Waals surface area contributed by atoms with Gasteiger partial charge in [0.2, 0.25) is 0 Å². The van der Waals surface area contributed by atoms with Crippen LogP contribution in [0.2, 0.25) is 0 Å². The Hall–Kier alpha value is -2.74. The molecule has 3 aromatic carbocycles. The topological polar surface area (TPSA) is 17.1 Å². The molecule has 23 heavy (non-hydrogen) atoms. The fraction of sp³-hybridized carbons (Fsp3) is 0.0952. The third kappa shape index (κ3) is 3.21. The third-order valence-corrected chi connectivity index (χ3v) is 3.97. The van der Waals surface area contributed by atoms with Crippen molar-refractivity contribution in [2.75, 3.05) is 0 Å². The van der Waals surface area contributed by atoms with Crippen LogP contribution in [0.4, 0.5) is 4.39 Å². The van der Waals surface area contributed by atoms with Crippen molar-refractivity contribution < 1.29 is 9.18 Å². The molecule has 3 aromatic rings. The van der Waals surface area contributed by atoms with Gasteiger partial charge in [-0.3, -0.25) is 4.79 Å². The average molecular weight is 304 g/mol. The summed E-state index contributed by atoms with van der Waals surface area (Å²) in [6.07, 6.45) is 0. The van der Waals surface area contributed by atoms with Gasteiger partial charge in [0.1, 0.15) is 5.82 Å². The van der Waals surface area contributed by atoms with Crippen molar-refractivity contribution in [2.45, 2.75) is 13.8 Å². The lowest BCUT2D eigenvalue weighted by Crippen LogP contribution is -2.00. The fourth-order valence-corrected chi connectivity index (χ4v) is 2.46. The van der Waals surface area contributed by atoms with Crippen LogP contribution in [0.5, 0.6) is 0 Å². The number of carbonyl (C=O) groups is 1. The van der Waals surface area contributed by atoms with Crippen molar-refractivity contribution in [3.63, 3.8) is 0 Å². The maximum Gasteiger partial charge on any atom is 0.193 e. The molecule has 2 heteroatoms. The van der Waals surface area contributed by atoms with Gasteiger partial charge in [0.25, 0.3) is 0 Å². The molecule has 0 aromatic heterocycles. The van der Waals surface area contributed by atoms with Crippen LogP contribution in [-0.4, -0.2) is 5.78 Å². The normalized spacial score (nSPS) is 10.6. The van der Waals surface area contributed by atoms with Gasteiger partial charge in [-0.05, 0) is 36.6 Å². The van der Waals surface area contributed by atoms with E-state index in [1.54, 1.807) is 25.1 Å². The smallest absolute Gasteiger partial charge is 0.193 e. The molecule has 0 aliphatic heterocycles. The van der Waals surface area contributed by atoms with Gasteiger partial charge in [-0.25, -0.2) is 4.39 Å². The Morgan fingerprint density at radius 2 is 1.26 bits per heavy atom. The summed E-state index contributed by atoms with van der Waals surface area (Å²) in [5, 5.41) is 0. The number of rotatable bonds is 3. The lowest BCUT2D eigenvalue weighted by atomic mass is 9.98. The summed E-state index contributed by atoms with van der Waals surface area (Å²) in [6, 6.07) is 20.0. The fourth-order valence-electron chi connectivity index (χ4n) is 2.46. The van der Waals surface area contributed by atoms with Crippen molar-refractivity contribution in [3.05, 3.63) is 94.8 Å². The molecule has 0 fully saturated rings. The molecule has 0 aliphatic carbocycles. The van der Waals surface area contributed by atoms with E-state index in [9.17, 15) is 9.18 Å². The second-order valence-corrected chi connectivity index (χ2v) is 5.74. The number of ketones is 1. The Balaban J connectivity index is 1.88. The minimum absolute atomic E-state index is 0.00774. The predicted octanol–water partition coefficient (Wildman–Crippen LogP) is 5.34. The molecular formula is C21H17FO. The second kappa shape index (κ2) is 6.17. The molecule has 0 spiro atoms. The molecule has 0 radical (unpaired) electrons. The molecule has 0 heterocycles. The lowest BCUT2D eigenvalue weighted by Gasteiger charge is -2.06. The highest BCUT2D eigenvalue weighted by Gasteiger charge is 2.09.